The summed E-state index contributed by atoms with van der Waals surface area (Å²) in [6.45, 7) is 7.96. The third-order valence-electron chi connectivity index (χ3n) is 3.96. The minimum Gasteiger partial charge on any atom is -0.492 e. The number of aliphatic imine (C=N–C) groups is 1. The smallest absolute Gasteiger partial charge is 0.120 e. The Bertz CT molecular complexity index is 749. The monoisotopic (exact) mass is 334 g/mol. The number of hydrogen-bond acceptors (Lipinski definition) is 2. The van der Waals surface area contributed by atoms with Gasteiger partial charge in [-0.2, -0.15) is 4.99 Å². The van der Waals surface area contributed by atoms with Crippen LogP contribution in [0.3, 0.4) is 0 Å². The molecule has 0 radical (unpaired) electrons. The van der Waals surface area contributed by atoms with E-state index in [2.05, 4.69) is 68.2 Å². The highest BCUT2D eigenvalue weighted by Crippen LogP contribution is 2.27. The minimum atomic E-state index is 0.165. The summed E-state index contributed by atoms with van der Waals surface area (Å²) in [4.78, 5) is 5.65. The second-order valence-corrected chi connectivity index (χ2v) is 7.06. The number of benzene rings is 2. The van der Waals surface area contributed by atoms with E-state index in [4.69, 9.17) is 11.2 Å². The molecule has 0 saturated heterocycles. The van der Waals surface area contributed by atoms with Crippen LogP contribution < -0.4 is 4.74 Å². The van der Waals surface area contributed by atoms with E-state index in [0.29, 0.717) is 6.61 Å². The fourth-order valence-electron chi connectivity index (χ4n) is 2.43. The van der Waals surface area contributed by atoms with Gasteiger partial charge in [-0.05, 0) is 34.2 Å². The second kappa shape index (κ2) is 8.39. The molecule has 2 aromatic rings. The van der Waals surface area contributed by atoms with Crippen LogP contribution in [0.15, 0.2) is 53.5 Å². The lowest BCUT2D eigenvalue weighted by atomic mass is 9.86. The highest BCUT2D eigenvalue weighted by atomic mass is 16.5. The molecule has 0 N–H and O–H groups in total. The van der Waals surface area contributed by atoms with Gasteiger partial charge in [-0.15, -0.1) is 0 Å². The van der Waals surface area contributed by atoms with Gasteiger partial charge in [0.15, 0.2) is 0 Å². The van der Waals surface area contributed by atoms with Crippen LogP contribution in [0.25, 0.3) is 11.1 Å². The van der Waals surface area contributed by atoms with Gasteiger partial charge in [0.05, 0.1) is 6.54 Å². The maximum atomic E-state index is 5.84. The molecule has 0 bridgehead atoms. The molecule has 0 unspecified atom stereocenters. The number of nitrogens with zero attached hydrogens (tertiary/aromatic N) is 2. The molecule has 130 valence electrons. The van der Waals surface area contributed by atoms with Crippen LogP contribution >= 0.6 is 0 Å². The normalized spacial score (nSPS) is 11.3. The van der Waals surface area contributed by atoms with Crippen molar-refractivity contribution in [1.82, 2.24) is 4.90 Å². The van der Waals surface area contributed by atoms with Crippen molar-refractivity contribution in [3.05, 3.63) is 54.1 Å². The Kier molecular flexibility index (Phi) is 6.25. The Morgan fingerprint density at radius 3 is 2.48 bits per heavy atom. The Labute approximate surface area is 151 Å². The van der Waals surface area contributed by atoms with Crippen molar-refractivity contribution in [3.63, 3.8) is 0 Å². The number of hydrogen-bond donors (Lipinski definition) is 0. The van der Waals surface area contributed by atoms with Crippen LogP contribution in [0.4, 0.5) is 0 Å². The van der Waals surface area contributed by atoms with Gasteiger partial charge >= 0.3 is 0 Å². The molecule has 0 aliphatic rings. The number of terminal acetylenes is 1. The average molecular weight is 334 g/mol. The molecule has 0 amide bonds. The van der Waals surface area contributed by atoms with Crippen LogP contribution in [0, 0.1) is 12.5 Å². The zero-order chi connectivity index (χ0) is 18.3. The van der Waals surface area contributed by atoms with Gasteiger partial charge in [-0.25, -0.2) is 0 Å². The van der Waals surface area contributed by atoms with Crippen molar-refractivity contribution in [2.24, 2.45) is 4.99 Å². The molecule has 0 aliphatic heterocycles. The molecule has 2 rings (SSSR count). The molecule has 3 heteroatoms. The van der Waals surface area contributed by atoms with Crippen LogP contribution in [-0.4, -0.2) is 31.4 Å². The highest BCUT2D eigenvalue weighted by molar-refractivity contribution is 5.65. The maximum absolute atomic E-state index is 5.84. The summed E-state index contributed by atoms with van der Waals surface area (Å²) >= 11 is 0. The van der Waals surface area contributed by atoms with E-state index in [1.807, 2.05) is 24.1 Å². The summed E-state index contributed by atoms with van der Waals surface area (Å²) < 4.78 is 5.84. The predicted molar refractivity (Wildman–Crippen MR) is 106 cm³/mol. The Hall–Kier alpha value is -2.73. The summed E-state index contributed by atoms with van der Waals surface area (Å²) in [7, 11) is 1.91. The first-order valence-corrected chi connectivity index (χ1v) is 8.43. The maximum Gasteiger partial charge on any atom is 0.120 e. The molecule has 0 aliphatic carbocycles. The average Bonchev–Trinajstić information content (AvgIpc) is 2.59. The van der Waals surface area contributed by atoms with Gasteiger partial charge in [0.2, 0.25) is 0 Å². The first kappa shape index (κ1) is 18.6. The highest BCUT2D eigenvalue weighted by Gasteiger charge is 2.13. The summed E-state index contributed by atoms with van der Waals surface area (Å²) in [5, 5.41) is 0. The third-order valence-corrected chi connectivity index (χ3v) is 3.96. The van der Waals surface area contributed by atoms with E-state index in [1.165, 1.54) is 11.1 Å². The fourth-order valence-corrected chi connectivity index (χ4v) is 2.43. The largest absolute Gasteiger partial charge is 0.492 e. The van der Waals surface area contributed by atoms with Gasteiger partial charge in [-0.1, -0.05) is 63.6 Å². The SMILES string of the molecule is C#CN=CN(C)CCOc1cccc(-c2ccc(C(C)(C)C)cc2)c1. The zero-order valence-electron chi connectivity index (χ0n) is 15.5. The Morgan fingerprint density at radius 1 is 1.12 bits per heavy atom. The fraction of sp³-hybridized carbons (Fsp3) is 0.318. The second-order valence-electron chi connectivity index (χ2n) is 7.06. The molecule has 0 heterocycles. The molecule has 0 saturated carbocycles. The zero-order valence-corrected chi connectivity index (χ0v) is 15.5. The minimum absolute atomic E-state index is 0.165. The van der Waals surface area contributed by atoms with E-state index in [1.54, 1.807) is 6.34 Å². The summed E-state index contributed by atoms with van der Waals surface area (Å²) in [5.41, 5.74) is 3.84. The topological polar surface area (TPSA) is 24.8 Å². The molecular weight excluding hydrogens is 308 g/mol. The van der Waals surface area contributed by atoms with Gasteiger partial charge in [0.25, 0.3) is 0 Å². The number of rotatable bonds is 6. The van der Waals surface area contributed by atoms with E-state index in [9.17, 15) is 0 Å². The standard InChI is InChI=1S/C22H26N2O/c1-6-23-17-24(5)14-15-25-21-9-7-8-19(16-21)18-10-12-20(13-11-18)22(2,3)4/h1,7-13,16-17H,14-15H2,2-5H3. The quantitative estimate of drug-likeness (QED) is 0.439. The lowest BCUT2D eigenvalue weighted by Crippen LogP contribution is -2.22. The Morgan fingerprint density at radius 2 is 1.84 bits per heavy atom. The van der Waals surface area contributed by atoms with Crippen LogP contribution in [0.2, 0.25) is 0 Å². The molecule has 3 nitrogen and oxygen atoms in total. The van der Waals surface area contributed by atoms with Crippen LogP contribution in [0.1, 0.15) is 26.3 Å². The van der Waals surface area contributed by atoms with Crippen molar-refractivity contribution in [3.8, 4) is 29.3 Å². The van der Waals surface area contributed by atoms with Gasteiger partial charge in [0, 0.05) is 13.1 Å². The van der Waals surface area contributed by atoms with E-state index >= 15 is 0 Å². The van der Waals surface area contributed by atoms with Crippen molar-refractivity contribution >= 4 is 6.34 Å². The van der Waals surface area contributed by atoms with E-state index in [-0.39, 0.29) is 5.41 Å². The van der Waals surface area contributed by atoms with Crippen LogP contribution in [-0.2, 0) is 5.41 Å². The lowest BCUT2D eigenvalue weighted by Gasteiger charge is -2.19. The Balaban J connectivity index is 2.01. The van der Waals surface area contributed by atoms with E-state index < -0.39 is 0 Å². The molecule has 25 heavy (non-hydrogen) atoms. The molecule has 0 fully saturated rings. The molecule has 0 aromatic heterocycles. The van der Waals surface area contributed by atoms with Crippen molar-refractivity contribution < 1.29 is 4.74 Å². The van der Waals surface area contributed by atoms with Crippen molar-refractivity contribution in [2.45, 2.75) is 26.2 Å². The summed E-state index contributed by atoms with van der Waals surface area (Å²) in [5.74, 6) is 0.861. The van der Waals surface area contributed by atoms with Crippen molar-refractivity contribution in [2.75, 3.05) is 20.2 Å². The van der Waals surface area contributed by atoms with Crippen LogP contribution in [0.5, 0.6) is 5.75 Å². The van der Waals surface area contributed by atoms with Gasteiger partial charge < -0.3 is 9.64 Å². The molecular formula is C22H26N2O. The number of likely N-dealkylation sites (N-methyl/N-ethyl adjacent to an activating group) is 1. The predicted octanol–water partition coefficient (Wildman–Crippen LogP) is 4.58. The molecule has 0 atom stereocenters. The first-order valence-electron chi connectivity index (χ1n) is 8.43. The van der Waals surface area contributed by atoms with E-state index in [0.717, 1.165) is 17.9 Å². The summed E-state index contributed by atoms with van der Waals surface area (Å²) in [6, 6.07) is 19.1. The summed E-state index contributed by atoms with van der Waals surface area (Å²) in [6.07, 6.45) is 6.72. The molecule has 2 aromatic carbocycles. The molecule has 0 spiro atoms. The van der Waals surface area contributed by atoms with Gasteiger partial charge in [0.1, 0.15) is 18.7 Å². The van der Waals surface area contributed by atoms with Crippen molar-refractivity contribution in [1.29, 1.82) is 0 Å². The third kappa shape index (κ3) is 5.69. The number of ether oxygens (including phenoxy) is 1. The van der Waals surface area contributed by atoms with Gasteiger partial charge in [-0.3, -0.25) is 0 Å². The lowest BCUT2D eigenvalue weighted by molar-refractivity contribution is 0.286. The first-order chi connectivity index (χ1) is 11.9.